The Balaban J connectivity index is 1.71. The van der Waals surface area contributed by atoms with Crippen molar-refractivity contribution in [2.75, 3.05) is 25.9 Å². The zero-order valence-electron chi connectivity index (χ0n) is 11.0. The number of benzene rings is 1. The Morgan fingerprint density at radius 2 is 2.21 bits per heavy atom. The van der Waals surface area contributed by atoms with Crippen molar-refractivity contribution in [2.45, 2.75) is 18.9 Å². The van der Waals surface area contributed by atoms with Crippen LogP contribution in [0.5, 0.6) is 5.88 Å². The average Bonchev–Trinajstić information content (AvgIpc) is 3.23. The number of aromatic nitrogens is 2. The van der Waals surface area contributed by atoms with Crippen molar-refractivity contribution in [3.05, 3.63) is 24.5 Å². The summed E-state index contributed by atoms with van der Waals surface area (Å²) in [6.45, 7) is 1.55. The minimum Gasteiger partial charge on any atom is -0.476 e. The molecule has 1 saturated carbocycles. The molecule has 5 heteroatoms. The maximum absolute atomic E-state index is 5.80. The van der Waals surface area contributed by atoms with Gasteiger partial charge in [0.25, 0.3) is 0 Å². The number of likely N-dealkylation sites (N-methyl/N-ethyl adjacent to an activating group) is 1. The molecule has 0 unspecified atom stereocenters. The highest BCUT2D eigenvalue weighted by Crippen LogP contribution is 2.26. The van der Waals surface area contributed by atoms with Crippen LogP contribution in [0.4, 0.5) is 5.69 Å². The van der Waals surface area contributed by atoms with E-state index in [0.29, 0.717) is 18.2 Å². The summed E-state index contributed by atoms with van der Waals surface area (Å²) in [5, 5.41) is 0.872. The molecule has 1 aromatic heterocycles. The minimum absolute atomic E-state index is 0.612. The second-order valence-corrected chi connectivity index (χ2v) is 5.02. The zero-order chi connectivity index (χ0) is 13.2. The number of nitrogens with two attached hydrogens (primary N) is 1. The van der Waals surface area contributed by atoms with E-state index in [1.54, 1.807) is 0 Å². The van der Waals surface area contributed by atoms with Gasteiger partial charge in [0, 0.05) is 18.3 Å². The molecule has 0 bridgehead atoms. The molecule has 0 aliphatic heterocycles. The molecule has 2 aromatic rings. The molecular weight excluding hydrogens is 240 g/mol. The molecule has 3 rings (SSSR count). The van der Waals surface area contributed by atoms with Gasteiger partial charge in [-0.1, -0.05) is 0 Å². The van der Waals surface area contributed by atoms with Gasteiger partial charge in [-0.15, -0.1) is 0 Å². The summed E-state index contributed by atoms with van der Waals surface area (Å²) in [4.78, 5) is 10.7. The van der Waals surface area contributed by atoms with E-state index in [9.17, 15) is 0 Å². The lowest BCUT2D eigenvalue weighted by Crippen LogP contribution is -2.26. The molecule has 5 nitrogen and oxygen atoms in total. The minimum atomic E-state index is 0.612. The van der Waals surface area contributed by atoms with Gasteiger partial charge < -0.3 is 15.4 Å². The lowest BCUT2D eigenvalue weighted by atomic mass is 10.2. The Hall–Kier alpha value is -1.88. The van der Waals surface area contributed by atoms with E-state index in [0.717, 1.165) is 23.5 Å². The Bertz CT molecular complexity index is 583. The van der Waals surface area contributed by atoms with Gasteiger partial charge in [0.2, 0.25) is 5.88 Å². The maximum atomic E-state index is 5.80. The first-order chi connectivity index (χ1) is 9.24. The fraction of sp³-hybridized carbons (Fsp3) is 0.429. The molecule has 1 aromatic carbocycles. The van der Waals surface area contributed by atoms with Crippen molar-refractivity contribution >= 4 is 16.6 Å². The number of hydrogen-bond acceptors (Lipinski definition) is 5. The summed E-state index contributed by atoms with van der Waals surface area (Å²) in [5.41, 5.74) is 7.35. The summed E-state index contributed by atoms with van der Waals surface area (Å²) < 4.78 is 5.77. The molecule has 1 aliphatic rings. The zero-order valence-corrected chi connectivity index (χ0v) is 11.0. The third kappa shape index (κ3) is 2.76. The van der Waals surface area contributed by atoms with Crippen molar-refractivity contribution in [3.63, 3.8) is 0 Å². The molecule has 19 heavy (non-hydrogen) atoms. The second-order valence-electron chi connectivity index (χ2n) is 5.02. The van der Waals surface area contributed by atoms with Crippen LogP contribution in [0.2, 0.25) is 0 Å². The van der Waals surface area contributed by atoms with Crippen LogP contribution in [0.3, 0.4) is 0 Å². The van der Waals surface area contributed by atoms with Gasteiger partial charge >= 0.3 is 0 Å². The van der Waals surface area contributed by atoms with Gasteiger partial charge in [0.15, 0.2) is 0 Å². The van der Waals surface area contributed by atoms with Crippen LogP contribution < -0.4 is 10.5 Å². The van der Waals surface area contributed by atoms with Gasteiger partial charge in [0.05, 0.1) is 10.9 Å². The van der Waals surface area contributed by atoms with Crippen LogP contribution in [-0.4, -0.2) is 41.1 Å². The summed E-state index contributed by atoms with van der Waals surface area (Å²) in [6, 6.07) is 6.33. The quantitative estimate of drug-likeness (QED) is 0.827. The number of anilines is 1. The predicted molar refractivity (Wildman–Crippen MR) is 75.1 cm³/mol. The summed E-state index contributed by atoms with van der Waals surface area (Å²) >= 11 is 0. The van der Waals surface area contributed by atoms with E-state index in [4.69, 9.17) is 10.5 Å². The highest BCUT2D eigenvalue weighted by atomic mass is 16.5. The van der Waals surface area contributed by atoms with E-state index in [-0.39, 0.29) is 0 Å². The molecule has 1 fully saturated rings. The molecule has 0 spiro atoms. The first-order valence-corrected chi connectivity index (χ1v) is 6.57. The molecule has 2 N–H and O–H groups in total. The van der Waals surface area contributed by atoms with E-state index >= 15 is 0 Å². The highest BCUT2D eigenvalue weighted by molar-refractivity contribution is 5.86. The van der Waals surface area contributed by atoms with Crippen LogP contribution in [0.1, 0.15) is 12.8 Å². The SMILES string of the molecule is CN(CCOc1ncnc2ccc(N)cc12)C1CC1. The Morgan fingerprint density at radius 1 is 1.37 bits per heavy atom. The van der Waals surface area contributed by atoms with Gasteiger partial charge in [-0.05, 0) is 38.1 Å². The number of fused-ring (bicyclic) bond motifs is 1. The van der Waals surface area contributed by atoms with Crippen LogP contribution in [0, 0.1) is 0 Å². The molecule has 0 atom stereocenters. The summed E-state index contributed by atoms with van der Waals surface area (Å²) in [5.74, 6) is 0.612. The Morgan fingerprint density at radius 3 is 3.00 bits per heavy atom. The average molecular weight is 258 g/mol. The maximum Gasteiger partial charge on any atom is 0.224 e. The number of nitrogens with zero attached hydrogens (tertiary/aromatic N) is 3. The fourth-order valence-electron chi connectivity index (χ4n) is 2.15. The smallest absolute Gasteiger partial charge is 0.224 e. The lowest BCUT2D eigenvalue weighted by Gasteiger charge is -2.15. The van der Waals surface area contributed by atoms with Gasteiger partial charge in [-0.2, -0.15) is 0 Å². The van der Waals surface area contributed by atoms with Crippen molar-refractivity contribution < 1.29 is 4.74 Å². The molecular formula is C14H18N4O. The topological polar surface area (TPSA) is 64.3 Å². The van der Waals surface area contributed by atoms with E-state index in [1.807, 2.05) is 18.2 Å². The Kier molecular flexibility index (Phi) is 3.21. The first-order valence-electron chi connectivity index (χ1n) is 6.57. The molecule has 0 amide bonds. The van der Waals surface area contributed by atoms with Crippen molar-refractivity contribution in [3.8, 4) is 5.88 Å². The molecule has 100 valence electrons. The lowest BCUT2D eigenvalue weighted by molar-refractivity contribution is 0.228. The highest BCUT2D eigenvalue weighted by Gasteiger charge is 2.25. The molecule has 1 heterocycles. The van der Waals surface area contributed by atoms with Crippen LogP contribution in [0.15, 0.2) is 24.5 Å². The number of rotatable bonds is 5. The van der Waals surface area contributed by atoms with E-state index < -0.39 is 0 Å². The monoisotopic (exact) mass is 258 g/mol. The van der Waals surface area contributed by atoms with Gasteiger partial charge in [0.1, 0.15) is 12.9 Å². The summed E-state index contributed by atoms with van der Waals surface area (Å²) in [7, 11) is 2.14. The van der Waals surface area contributed by atoms with E-state index in [1.165, 1.54) is 19.2 Å². The number of hydrogen-bond donors (Lipinski definition) is 1. The van der Waals surface area contributed by atoms with Crippen LogP contribution in [0.25, 0.3) is 10.9 Å². The van der Waals surface area contributed by atoms with Gasteiger partial charge in [-0.25, -0.2) is 9.97 Å². The number of ether oxygens (including phenoxy) is 1. The predicted octanol–water partition coefficient (Wildman–Crippen LogP) is 1.68. The molecule has 0 radical (unpaired) electrons. The third-order valence-electron chi connectivity index (χ3n) is 3.48. The Labute approximate surface area is 112 Å². The molecule has 1 aliphatic carbocycles. The van der Waals surface area contributed by atoms with Crippen LogP contribution in [-0.2, 0) is 0 Å². The largest absolute Gasteiger partial charge is 0.476 e. The third-order valence-corrected chi connectivity index (χ3v) is 3.48. The van der Waals surface area contributed by atoms with Crippen molar-refractivity contribution in [2.24, 2.45) is 0 Å². The van der Waals surface area contributed by atoms with Crippen LogP contribution >= 0.6 is 0 Å². The fourth-order valence-corrected chi connectivity index (χ4v) is 2.15. The molecule has 0 saturated heterocycles. The number of nitrogen functional groups attached to an aromatic ring is 1. The van der Waals surface area contributed by atoms with Crippen molar-refractivity contribution in [1.29, 1.82) is 0 Å². The normalized spacial score (nSPS) is 15.1. The standard InChI is InChI=1S/C14H18N4O/c1-18(11-3-4-11)6-7-19-14-12-8-10(15)2-5-13(12)16-9-17-14/h2,5,8-9,11H,3-4,6-7,15H2,1H3. The van der Waals surface area contributed by atoms with Crippen molar-refractivity contribution in [1.82, 2.24) is 14.9 Å². The second kappa shape index (κ2) is 5.01. The summed E-state index contributed by atoms with van der Waals surface area (Å²) in [6.07, 6.45) is 4.14. The first kappa shape index (κ1) is 12.2. The van der Waals surface area contributed by atoms with Gasteiger partial charge in [-0.3, -0.25) is 0 Å². The van der Waals surface area contributed by atoms with E-state index in [2.05, 4.69) is 21.9 Å².